The van der Waals surface area contributed by atoms with E-state index in [-0.39, 0.29) is 0 Å². The minimum atomic E-state index is 0.470. The third-order valence-electron chi connectivity index (χ3n) is 1.42. The van der Waals surface area contributed by atoms with E-state index in [1.165, 1.54) is 19.3 Å². The van der Waals surface area contributed by atoms with Gasteiger partial charge in [-0.1, -0.05) is 28.8 Å². The first-order chi connectivity index (χ1) is 5.41. The number of nitrogens with zero attached hydrogens (tertiary/aromatic N) is 1. The summed E-state index contributed by atoms with van der Waals surface area (Å²) in [6.45, 7) is 0.470. The van der Waals surface area contributed by atoms with Gasteiger partial charge in [0.15, 0.2) is 5.34 Å². The van der Waals surface area contributed by atoms with Crippen LogP contribution in [0.2, 0.25) is 0 Å². The first kappa shape index (κ1) is 10.9. The molecular weight excluding hydrogens is 210 g/mol. The summed E-state index contributed by atoms with van der Waals surface area (Å²) in [6.07, 6.45) is 5.76. The highest BCUT2D eigenvalue weighted by Gasteiger charge is 1.89. The zero-order chi connectivity index (χ0) is 8.36. The van der Waals surface area contributed by atoms with Crippen LogP contribution in [0, 0.1) is 4.91 Å². The SMILES string of the molecule is O=NOCCCCCCCBr. The highest BCUT2D eigenvalue weighted by molar-refractivity contribution is 9.09. The Morgan fingerprint density at radius 2 is 1.73 bits per heavy atom. The van der Waals surface area contributed by atoms with Crippen molar-refractivity contribution in [2.75, 3.05) is 11.9 Å². The molecule has 0 radical (unpaired) electrons. The predicted molar refractivity (Wildman–Crippen MR) is 48.6 cm³/mol. The molecule has 0 aromatic rings. The smallest absolute Gasteiger partial charge is 0.155 e. The highest BCUT2D eigenvalue weighted by atomic mass is 79.9. The second-order valence-electron chi connectivity index (χ2n) is 2.36. The van der Waals surface area contributed by atoms with Gasteiger partial charge in [0.2, 0.25) is 0 Å². The van der Waals surface area contributed by atoms with Crippen molar-refractivity contribution >= 4 is 15.9 Å². The maximum atomic E-state index is 9.46. The Balaban J connectivity index is 2.74. The Morgan fingerprint density at radius 3 is 2.36 bits per heavy atom. The second-order valence-corrected chi connectivity index (χ2v) is 3.16. The fourth-order valence-corrected chi connectivity index (χ4v) is 1.23. The van der Waals surface area contributed by atoms with Gasteiger partial charge < -0.3 is 4.84 Å². The van der Waals surface area contributed by atoms with E-state index in [1.54, 1.807) is 0 Å². The first-order valence-corrected chi connectivity index (χ1v) is 5.04. The van der Waals surface area contributed by atoms with Gasteiger partial charge in [0.25, 0.3) is 0 Å². The molecule has 0 unspecified atom stereocenters. The fourth-order valence-electron chi connectivity index (χ4n) is 0.829. The van der Waals surface area contributed by atoms with Crippen LogP contribution in [0.3, 0.4) is 0 Å². The van der Waals surface area contributed by atoms with Crippen molar-refractivity contribution in [2.45, 2.75) is 32.1 Å². The van der Waals surface area contributed by atoms with Crippen molar-refractivity contribution in [1.82, 2.24) is 0 Å². The summed E-state index contributed by atoms with van der Waals surface area (Å²) in [5.74, 6) is 0. The van der Waals surface area contributed by atoms with Crippen molar-refractivity contribution < 1.29 is 4.84 Å². The first-order valence-electron chi connectivity index (χ1n) is 3.92. The summed E-state index contributed by atoms with van der Waals surface area (Å²) in [4.78, 5) is 13.8. The zero-order valence-corrected chi connectivity index (χ0v) is 8.18. The van der Waals surface area contributed by atoms with Gasteiger partial charge in [0, 0.05) is 5.33 Å². The van der Waals surface area contributed by atoms with Crippen LogP contribution in [0.25, 0.3) is 0 Å². The van der Waals surface area contributed by atoms with Gasteiger partial charge in [-0.3, -0.25) is 0 Å². The van der Waals surface area contributed by atoms with Crippen LogP contribution in [0.1, 0.15) is 32.1 Å². The van der Waals surface area contributed by atoms with E-state index >= 15 is 0 Å². The lowest BCUT2D eigenvalue weighted by Crippen LogP contribution is -1.87. The highest BCUT2D eigenvalue weighted by Crippen LogP contribution is 2.04. The van der Waals surface area contributed by atoms with Crippen LogP contribution in [-0.4, -0.2) is 11.9 Å². The van der Waals surface area contributed by atoms with Crippen LogP contribution in [-0.2, 0) is 4.84 Å². The van der Waals surface area contributed by atoms with Crippen LogP contribution in [0.5, 0.6) is 0 Å². The van der Waals surface area contributed by atoms with Gasteiger partial charge in [-0.15, -0.1) is 4.91 Å². The summed E-state index contributed by atoms with van der Waals surface area (Å²) in [6, 6.07) is 0. The maximum Gasteiger partial charge on any atom is 0.155 e. The third kappa shape index (κ3) is 9.88. The van der Waals surface area contributed by atoms with Crippen molar-refractivity contribution in [3.8, 4) is 0 Å². The monoisotopic (exact) mass is 223 g/mol. The number of hydrogen-bond donors (Lipinski definition) is 0. The van der Waals surface area contributed by atoms with Crippen molar-refractivity contribution in [1.29, 1.82) is 0 Å². The normalized spacial score (nSPS) is 9.55. The van der Waals surface area contributed by atoms with Gasteiger partial charge in [-0.2, -0.15) is 0 Å². The lowest BCUT2D eigenvalue weighted by atomic mass is 10.2. The standard InChI is InChI=1S/C7H14BrNO2/c8-6-4-2-1-3-5-7-11-9-10/h1-7H2. The molecule has 0 N–H and O–H groups in total. The molecule has 0 fully saturated rings. The molecule has 66 valence electrons. The van der Waals surface area contributed by atoms with Crippen molar-refractivity contribution in [3.05, 3.63) is 4.91 Å². The lowest BCUT2D eigenvalue weighted by Gasteiger charge is -1.97. The topological polar surface area (TPSA) is 38.7 Å². The summed E-state index contributed by atoms with van der Waals surface area (Å²) in [7, 11) is 0. The largest absolute Gasteiger partial charge is 0.364 e. The molecule has 0 spiro atoms. The average molecular weight is 224 g/mol. The molecule has 4 heteroatoms. The molecule has 0 aromatic carbocycles. The number of halogens is 1. The molecule has 0 saturated heterocycles. The van der Waals surface area contributed by atoms with E-state index in [1.807, 2.05) is 0 Å². The molecule has 0 aromatic heterocycles. The third-order valence-corrected chi connectivity index (χ3v) is 1.98. The summed E-state index contributed by atoms with van der Waals surface area (Å²) < 4.78 is 0. The predicted octanol–water partition coefficient (Wildman–Crippen LogP) is 3.03. The average Bonchev–Trinajstić information content (AvgIpc) is 2.03. The second kappa shape index (κ2) is 9.88. The van der Waals surface area contributed by atoms with E-state index < -0.39 is 0 Å². The Hall–Kier alpha value is -0.120. The molecule has 0 atom stereocenters. The lowest BCUT2D eigenvalue weighted by molar-refractivity contribution is 0.135. The van der Waals surface area contributed by atoms with Crippen LogP contribution in [0.15, 0.2) is 5.34 Å². The van der Waals surface area contributed by atoms with Crippen molar-refractivity contribution in [2.24, 2.45) is 5.34 Å². The molecule has 0 bridgehead atoms. The summed E-state index contributed by atoms with van der Waals surface area (Å²) in [5, 5.41) is 3.39. The van der Waals surface area contributed by atoms with Crippen LogP contribution >= 0.6 is 15.9 Å². The molecule has 0 rings (SSSR count). The Kier molecular flexibility index (Phi) is 9.77. The summed E-state index contributed by atoms with van der Waals surface area (Å²) in [5.41, 5.74) is 0. The number of unbranched alkanes of at least 4 members (excludes halogenated alkanes) is 4. The number of hydrogen-bond acceptors (Lipinski definition) is 3. The Morgan fingerprint density at radius 1 is 1.09 bits per heavy atom. The van der Waals surface area contributed by atoms with Crippen LogP contribution < -0.4 is 0 Å². The van der Waals surface area contributed by atoms with E-state index in [2.05, 4.69) is 26.1 Å². The Labute approximate surface area is 75.6 Å². The molecule has 0 heterocycles. The van der Waals surface area contributed by atoms with Gasteiger partial charge in [-0.25, -0.2) is 0 Å². The van der Waals surface area contributed by atoms with Gasteiger partial charge >= 0.3 is 0 Å². The van der Waals surface area contributed by atoms with Gasteiger partial charge in [0.1, 0.15) is 6.61 Å². The van der Waals surface area contributed by atoms with E-state index in [0.29, 0.717) is 6.61 Å². The maximum absolute atomic E-state index is 9.46. The minimum absolute atomic E-state index is 0.470. The number of alkyl halides is 1. The molecule has 0 saturated carbocycles. The molecule has 0 aliphatic heterocycles. The van der Waals surface area contributed by atoms with Gasteiger partial charge in [-0.05, 0) is 19.3 Å². The van der Waals surface area contributed by atoms with Gasteiger partial charge in [0.05, 0.1) is 0 Å². The molecule has 0 aliphatic rings. The molecule has 11 heavy (non-hydrogen) atoms. The quantitative estimate of drug-likeness (QED) is 0.275. The minimum Gasteiger partial charge on any atom is -0.364 e. The van der Waals surface area contributed by atoms with E-state index in [4.69, 9.17) is 0 Å². The molecular formula is C7H14BrNO2. The molecule has 3 nitrogen and oxygen atoms in total. The van der Waals surface area contributed by atoms with E-state index in [0.717, 1.165) is 18.2 Å². The molecule has 0 amide bonds. The van der Waals surface area contributed by atoms with Crippen molar-refractivity contribution in [3.63, 3.8) is 0 Å². The Bertz CT molecular complexity index is 90.5. The zero-order valence-electron chi connectivity index (χ0n) is 6.59. The van der Waals surface area contributed by atoms with E-state index in [9.17, 15) is 4.91 Å². The van der Waals surface area contributed by atoms with Crippen LogP contribution in [0.4, 0.5) is 0 Å². The number of rotatable bonds is 8. The molecule has 0 aliphatic carbocycles. The fraction of sp³-hybridized carbons (Fsp3) is 1.00. The summed E-state index contributed by atoms with van der Waals surface area (Å²) >= 11 is 3.36.